The lowest BCUT2D eigenvalue weighted by Gasteiger charge is -2.42. The van der Waals surface area contributed by atoms with Crippen molar-refractivity contribution in [2.45, 2.75) is 59.3 Å². The van der Waals surface area contributed by atoms with Gasteiger partial charge in [0.25, 0.3) is 6.47 Å². The molecule has 2 N–H and O–H groups in total. The molecule has 2 amide bonds. The fourth-order valence-corrected chi connectivity index (χ4v) is 7.49. The predicted molar refractivity (Wildman–Crippen MR) is 167 cm³/mol. The molecule has 0 spiro atoms. The Kier molecular flexibility index (Phi) is 15.6. The molecule has 3 rings (SSSR count). The topological polar surface area (TPSA) is 157 Å². The molecule has 13 nitrogen and oxygen atoms in total. The quantitative estimate of drug-likeness (QED) is 0.0612. The maximum atomic E-state index is 11.8. The van der Waals surface area contributed by atoms with Crippen molar-refractivity contribution < 1.29 is 52.3 Å². The van der Waals surface area contributed by atoms with Gasteiger partial charge in [0.15, 0.2) is 0 Å². The molecule has 3 aliphatic rings. The second-order valence-electron chi connectivity index (χ2n) is 13.6. The van der Waals surface area contributed by atoms with Crippen LogP contribution in [0.25, 0.3) is 0 Å². The average Bonchev–Trinajstić information content (AvgIpc) is 3.27. The van der Waals surface area contributed by atoms with Gasteiger partial charge in [-0.15, -0.1) is 0 Å². The van der Waals surface area contributed by atoms with Gasteiger partial charge in [-0.05, 0) is 80.0 Å². The Morgan fingerprint density at radius 2 is 1.30 bits per heavy atom. The minimum atomic E-state index is -0.576. The van der Waals surface area contributed by atoms with E-state index in [9.17, 15) is 19.2 Å². The first-order chi connectivity index (χ1) is 22.0. The summed E-state index contributed by atoms with van der Waals surface area (Å²) in [6.07, 6.45) is 6.11. The third-order valence-corrected chi connectivity index (χ3v) is 9.39. The van der Waals surface area contributed by atoms with Gasteiger partial charge in [-0.3, -0.25) is 4.79 Å². The largest absolute Gasteiger partial charge is 0.466 e. The van der Waals surface area contributed by atoms with Gasteiger partial charge in [0.05, 0.1) is 52.7 Å². The van der Waals surface area contributed by atoms with Crippen molar-refractivity contribution in [3.8, 4) is 0 Å². The van der Waals surface area contributed by atoms with Gasteiger partial charge >= 0.3 is 18.2 Å². The number of esters is 1. The molecule has 3 saturated carbocycles. The van der Waals surface area contributed by atoms with Crippen molar-refractivity contribution >= 4 is 24.6 Å². The molecule has 0 heterocycles. The smallest absolute Gasteiger partial charge is 0.407 e. The zero-order valence-electron chi connectivity index (χ0n) is 27.8. The first-order valence-corrected chi connectivity index (χ1v) is 16.5. The van der Waals surface area contributed by atoms with Gasteiger partial charge in [0.1, 0.15) is 26.4 Å². The molecular weight excluding hydrogens is 600 g/mol. The van der Waals surface area contributed by atoms with Crippen LogP contribution in [0.15, 0.2) is 12.2 Å². The Bertz CT molecular complexity index is 1010. The highest BCUT2D eigenvalue weighted by Gasteiger charge is 2.54. The summed E-state index contributed by atoms with van der Waals surface area (Å²) in [5, 5.41) is 5.02. The Labute approximate surface area is 272 Å². The standard InChI is InChI=1S/C33H54N2O11/c1-24(2)29(37)44-10-8-35-31(39)46-16-14-42-22-33(4)18-25-17-26(19-33)28-20-32(3,6-5-27(25)28)21-41-12-11-40-13-15-45-30(38)34-7-9-43-23-36/h23,25-28H,1,5-22H2,2-4H3,(H,34,38)(H,35,39). The Morgan fingerprint density at radius 3 is 1.96 bits per heavy atom. The number of amides is 2. The van der Waals surface area contributed by atoms with E-state index in [4.69, 9.17) is 28.4 Å². The summed E-state index contributed by atoms with van der Waals surface area (Å²) in [6.45, 7) is 13.9. The second kappa shape index (κ2) is 19.0. The number of hydrogen-bond donors (Lipinski definition) is 2. The summed E-state index contributed by atoms with van der Waals surface area (Å²) < 4.78 is 37.2. The number of rotatable bonds is 21. The molecule has 46 heavy (non-hydrogen) atoms. The highest BCUT2D eigenvalue weighted by molar-refractivity contribution is 5.86. The number of ether oxygens (including phenoxy) is 7. The number of hydrogen-bond acceptors (Lipinski definition) is 11. The number of fused-ring (bicyclic) bond motifs is 5. The predicted octanol–water partition coefficient (Wildman–Crippen LogP) is 3.64. The van der Waals surface area contributed by atoms with E-state index in [0.717, 1.165) is 24.2 Å². The van der Waals surface area contributed by atoms with Crippen molar-refractivity contribution in [1.29, 1.82) is 0 Å². The van der Waals surface area contributed by atoms with Gasteiger partial charge in [-0.1, -0.05) is 20.4 Å². The lowest BCUT2D eigenvalue weighted by atomic mass is 9.65. The molecule has 6 unspecified atom stereocenters. The number of carbonyl (C=O) groups is 4. The molecule has 13 heteroatoms. The Balaban J connectivity index is 1.25. The van der Waals surface area contributed by atoms with E-state index in [1.54, 1.807) is 6.92 Å². The van der Waals surface area contributed by atoms with Gasteiger partial charge < -0.3 is 43.8 Å². The van der Waals surface area contributed by atoms with Crippen LogP contribution in [0.2, 0.25) is 0 Å². The van der Waals surface area contributed by atoms with Crippen LogP contribution in [0.5, 0.6) is 0 Å². The van der Waals surface area contributed by atoms with Gasteiger partial charge in [-0.2, -0.15) is 0 Å². The lowest BCUT2D eigenvalue weighted by Crippen LogP contribution is -2.36. The van der Waals surface area contributed by atoms with E-state index in [1.165, 1.54) is 32.1 Å². The maximum absolute atomic E-state index is 11.8. The monoisotopic (exact) mass is 654 g/mol. The van der Waals surface area contributed by atoms with Crippen LogP contribution < -0.4 is 10.6 Å². The summed E-state index contributed by atoms with van der Waals surface area (Å²) in [4.78, 5) is 44.8. The van der Waals surface area contributed by atoms with Gasteiger partial charge in [0, 0.05) is 5.57 Å². The first kappa shape index (κ1) is 37.6. The average molecular weight is 655 g/mol. The fourth-order valence-electron chi connectivity index (χ4n) is 7.49. The third-order valence-electron chi connectivity index (χ3n) is 9.39. The molecular formula is C33H54N2O11. The summed E-state index contributed by atoms with van der Waals surface area (Å²) >= 11 is 0. The van der Waals surface area contributed by atoms with Crippen LogP contribution in [0.4, 0.5) is 9.59 Å². The van der Waals surface area contributed by atoms with Crippen molar-refractivity contribution in [3.63, 3.8) is 0 Å². The van der Waals surface area contributed by atoms with E-state index in [1.807, 2.05) is 0 Å². The van der Waals surface area contributed by atoms with Crippen LogP contribution in [0, 0.1) is 34.5 Å². The molecule has 0 aliphatic heterocycles. The van der Waals surface area contributed by atoms with Crippen LogP contribution >= 0.6 is 0 Å². The summed E-state index contributed by atoms with van der Waals surface area (Å²) in [7, 11) is 0. The molecule has 6 atom stereocenters. The summed E-state index contributed by atoms with van der Waals surface area (Å²) in [6, 6.07) is 0. The third kappa shape index (κ3) is 12.7. The highest BCUT2D eigenvalue weighted by Crippen LogP contribution is 2.62. The van der Waals surface area contributed by atoms with Gasteiger partial charge in [0.2, 0.25) is 0 Å². The summed E-state index contributed by atoms with van der Waals surface area (Å²) in [5.41, 5.74) is 0.594. The minimum Gasteiger partial charge on any atom is -0.466 e. The van der Waals surface area contributed by atoms with E-state index >= 15 is 0 Å². The molecule has 0 aromatic heterocycles. The molecule has 0 saturated heterocycles. The van der Waals surface area contributed by atoms with Crippen molar-refractivity contribution in [2.24, 2.45) is 34.5 Å². The van der Waals surface area contributed by atoms with Crippen molar-refractivity contribution in [2.75, 3.05) is 79.2 Å². The van der Waals surface area contributed by atoms with Crippen molar-refractivity contribution in [3.05, 3.63) is 12.2 Å². The SMILES string of the molecule is C=C(C)C(=O)OCCNC(=O)OCCOCC1(C)CC2CC(C1)C1CC(C)(COCCOCCOC(=O)NCCOC=O)CCC21. The van der Waals surface area contributed by atoms with E-state index in [0.29, 0.717) is 51.0 Å². The fraction of sp³-hybridized carbons (Fsp3) is 0.818. The van der Waals surface area contributed by atoms with Crippen LogP contribution in [0.1, 0.15) is 59.3 Å². The molecule has 2 bridgehead atoms. The van der Waals surface area contributed by atoms with E-state index < -0.39 is 18.2 Å². The van der Waals surface area contributed by atoms with E-state index in [2.05, 4.69) is 35.8 Å². The number of alkyl carbamates (subject to hydrolysis) is 2. The normalized spacial score (nSPS) is 28.0. The Hall–Kier alpha value is -2.90. The van der Waals surface area contributed by atoms with E-state index in [-0.39, 0.29) is 57.0 Å². The zero-order valence-corrected chi connectivity index (χ0v) is 27.8. The maximum Gasteiger partial charge on any atom is 0.407 e. The van der Waals surface area contributed by atoms with Crippen molar-refractivity contribution in [1.82, 2.24) is 10.6 Å². The number of nitrogens with one attached hydrogen (secondary N) is 2. The molecule has 0 aromatic rings. The second-order valence-corrected chi connectivity index (χ2v) is 13.6. The molecule has 3 fully saturated rings. The molecule has 3 aliphatic carbocycles. The van der Waals surface area contributed by atoms with Crippen LogP contribution in [-0.4, -0.2) is 104 Å². The van der Waals surface area contributed by atoms with Gasteiger partial charge in [-0.25, -0.2) is 14.4 Å². The zero-order chi connectivity index (χ0) is 33.4. The number of carbonyl (C=O) groups excluding carboxylic acids is 4. The minimum absolute atomic E-state index is 0.0607. The van der Waals surface area contributed by atoms with Crippen LogP contribution in [0.3, 0.4) is 0 Å². The molecule has 0 radical (unpaired) electrons. The highest BCUT2D eigenvalue weighted by atomic mass is 16.6. The Morgan fingerprint density at radius 1 is 0.739 bits per heavy atom. The summed E-state index contributed by atoms with van der Waals surface area (Å²) in [5.74, 6) is 2.46. The molecule has 262 valence electrons. The molecule has 0 aromatic carbocycles. The lowest BCUT2D eigenvalue weighted by molar-refractivity contribution is -0.138. The van der Waals surface area contributed by atoms with Crippen LogP contribution in [-0.2, 0) is 42.7 Å². The first-order valence-electron chi connectivity index (χ1n) is 16.5.